The normalized spacial score (nSPS) is 25.9. The molecule has 2 rings (SSSR count). The largest absolute Gasteiger partial charge is 0.369 e. The Hall–Kier alpha value is -0.610. The van der Waals surface area contributed by atoms with Gasteiger partial charge in [-0.2, -0.15) is 0 Å². The second-order valence-electron chi connectivity index (χ2n) is 4.43. The van der Waals surface area contributed by atoms with Crippen molar-refractivity contribution in [2.75, 3.05) is 11.4 Å². The second kappa shape index (κ2) is 4.72. The van der Waals surface area contributed by atoms with Gasteiger partial charge in [-0.15, -0.1) is 0 Å². The molecule has 0 bridgehead atoms. The smallest absolute Gasteiger partial charge is 0.139 e. The third-order valence-electron chi connectivity index (χ3n) is 3.15. The van der Waals surface area contributed by atoms with Gasteiger partial charge in [0.1, 0.15) is 5.82 Å². The van der Waals surface area contributed by atoms with Crippen LogP contribution in [0.3, 0.4) is 0 Å². The van der Waals surface area contributed by atoms with Crippen molar-refractivity contribution in [3.8, 4) is 0 Å². The maximum absolute atomic E-state index is 13.4. The molecule has 1 aliphatic heterocycles. The summed E-state index contributed by atoms with van der Waals surface area (Å²) in [7, 11) is 0. The Morgan fingerprint density at radius 2 is 2.25 bits per heavy atom. The Labute approximate surface area is 104 Å². The van der Waals surface area contributed by atoms with Crippen molar-refractivity contribution in [2.45, 2.75) is 31.8 Å². The van der Waals surface area contributed by atoms with E-state index in [0.717, 1.165) is 25.1 Å². The van der Waals surface area contributed by atoms with Gasteiger partial charge in [0, 0.05) is 24.3 Å². The van der Waals surface area contributed by atoms with Gasteiger partial charge in [0.15, 0.2) is 0 Å². The molecule has 1 heterocycles. The lowest BCUT2D eigenvalue weighted by Crippen LogP contribution is -2.45. The Morgan fingerprint density at radius 1 is 1.50 bits per heavy atom. The van der Waals surface area contributed by atoms with Crippen molar-refractivity contribution in [3.05, 3.63) is 28.5 Å². The summed E-state index contributed by atoms with van der Waals surface area (Å²) in [6.45, 7) is 3.04. The molecule has 0 aliphatic carbocycles. The summed E-state index contributed by atoms with van der Waals surface area (Å²) in [5.74, 6) is -0.209. The van der Waals surface area contributed by atoms with Crippen molar-refractivity contribution in [1.82, 2.24) is 0 Å². The topological polar surface area (TPSA) is 29.3 Å². The van der Waals surface area contributed by atoms with E-state index in [-0.39, 0.29) is 11.9 Å². The first-order chi connectivity index (χ1) is 7.58. The standard InChI is InChI=1S/C12H16BrFN2/c1-8-6-9(15)4-5-16(8)10-2-3-11(13)12(14)7-10/h2-3,7-9H,4-6,15H2,1H3. The van der Waals surface area contributed by atoms with E-state index in [0.29, 0.717) is 10.5 Å². The third-order valence-corrected chi connectivity index (χ3v) is 3.79. The van der Waals surface area contributed by atoms with Crippen LogP contribution in [0.2, 0.25) is 0 Å². The van der Waals surface area contributed by atoms with Crippen LogP contribution >= 0.6 is 15.9 Å². The maximum Gasteiger partial charge on any atom is 0.139 e. The van der Waals surface area contributed by atoms with E-state index in [1.54, 1.807) is 12.1 Å². The van der Waals surface area contributed by atoms with Crippen LogP contribution in [0.15, 0.2) is 22.7 Å². The number of anilines is 1. The summed E-state index contributed by atoms with van der Waals surface area (Å²) < 4.78 is 14.0. The van der Waals surface area contributed by atoms with Crippen LogP contribution in [0.1, 0.15) is 19.8 Å². The fraction of sp³-hybridized carbons (Fsp3) is 0.500. The quantitative estimate of drug-likeness (QED) is 0.860. The highest BCUT2D eigenvalue weighted by atomic mass is 79.9. The monoisotopic (exact) mass is 286 g/mol. The summed E-state index contributed by atoms with van der Waals surface area (Å²) in [6, 6.07) is 5.94. The third kappa shape index (κ3) is 2.38. The number of hydrogen-bond donors (Lipinski definition) is 1. The molecule has 1 fully saturated rings. The molecule has 1 aromatic carbocycles. The number of benzene rings is 1. The van der Waals surface area contributed by atoms with Gasteiger partial charge in [0.05, 0.1) is 4.47 Å². The molecule has 88 valence electrons. The van der Waals surface area contributed by atoms with Gasteiger partial charge in [-0.3, -0.25) is 0 Å². The van der Waals surface area contributed by atoms with Gasteiger partial charge >= 0.3 is 0 Å². The van der Waals surface area contributed by atoms with Gasteiger partial charge in [-0.05, 0) is 53.9 Å². The summed E-state index contributed by atoms with van der Waals surface area (Å²) in [5, 5.41) is 0. The molecular formula is C12H16BrFN2. The maximum atomic E-state index is 13.4. The summed E-state index contributed by atoms with van der Waals surface area (Å²) in [6.07, 6.45) is 1.94. The zero-order valence-corrected chi connectivity index (χ0v) is 10.9. The zero-order chi connectivity index (χ0) is 11.7. The number of nitrogens with zero attached hydrogens (tertiary/aromatic N) is 1. The Balaban J connectivity index is 2.20. The van der Waals surface area contributed by atoms with Crippen LogP contribution in [0, 0.1) is 5.82 Å². The van der Waals surface area contributed by atoms with Crippen LogP contribution in [0.4, 0.5) is 10.1 Å². The van der Waals surface area contributed by atoms with E-state index in [1.807, 2.05) is 6.07 Å². The minimum absolute atomic E-state index is 0.209. The SMILES string of the molecule is CC1CC(N)CCN1c1ccc(Br)c(F)c1. The summed E-state index contributed by atoms with van der Waals surface area (Å²) in [4.78, 5) is 2.22. The van der Waals surface area contributed by atoms with Gasteiger partial charge in [-0.1, -0.05) is 0 Å². The Bertz CT molecular complexity index is 383. The molecule has 0 radical (unpaired) electrons. The fourth-order valence-corrected chi connectivity index (χ4v) is 2.50. The van der Waals surface area contributed by atoms with Crippen molar-refractivity contribution < 1.29 is 4.39 Å². The number of halogens is 2. The Morgan fingerprint density at radius 3 is 2.88 bits per heavy atom. The highest BCUT2D eigenvalue weighted by Crippen LogP contribution is 2.27. The highest BCUT2D eigenvalue weighted by molar-refractivity contribution is 9.10. The molecule has 2 nitrogen and oxygen atoms in total. The molecule has 2 unspecified atom stereocenters. The average Bonchev–Trinajstić information content (AvgIpc) is 2.22. The van der Waals surface area contributed by atoms with E-state index >= 15 is 0 Å². The molecule has 2 N–H and O–H groups in total. The van der Waals surface area contributed by atoms with Gasteiger partial charge < -0.3 is 10.6 Å². The first kappa shape index (κ1) is 11.9. The molecule has 0 saturated carbocycles. The predicted octanol–water partition coefficient (Wildman–Crippen LogP) is 2.90. The van der Waals surface area contributed by atoms with E-state index in [2.05, 4.69) is 27.8 Å². The van der Waals surface area contributed by atoms with E-state index in [1.165, 1.54) is 0 Å². The molecule has 0 aromatic heterocycles. The molecule has 1 saturated heterocycles. The molecule has 1 aromatic rings. The average molecular weight is 287 g/mol. The van der Waals surface area contributed by atoms with Gasteiger partial charge in [0.25, 0.3) is 0 Å². The van der Waals surface area contributed by atoms with E-state index in [9.17, 15) is 4.39 Å². The molecular weight excluding hydrogens is 271 g/mol. The number of hydrogen-bond acceptors (Lipinski definition) is 2. The van der Waals surface area contributed by atoms with Crippen molar-refractivity contribution in [3.63, 3.8) is 0 Å². The molecule has 2 atom stereocenters. The lowest BCUT2D eigenvalue weighted by molar-refractivity contribution is 0.429. The number of rotatable bonds is 1. The van der Waals surface area contributed by atoms with Gasteiger partial charge in [-0.25, -0.2) is 4.39 Å². The molecule has 0 spiro atoms. The Kier molecular flexibility index (Phi) is 3.50. The first-order valence-electron chi connectivity index (χ1n) is 5.55. The van der Waals surface area contributed by atoms with Crippen LogP contribution in [0.25, 0.3) is 0 Å². The summed E-state index contributed by atoms with van der Waals surface area (Å²) >= 11 is 3.16. The minimum Gasteiger partial charge on any atom is -0.369 e. The second-order valence-corrected chi connectivity index (χ2v) is 5.28. The van der Waals surface area contributed by atoms with Crippen LogP contribution in [0.5, 0.6) is 0 Å². The highest BCUT2D eigenvalue weighted by Gasteiger charge is 2.23. The van der Waals surface area contributed by atoms with E-state index in [4.69, 9.17) is 5.73 Å². The zero-order valence-electron chi connectivity index (χ0n) is 9.29. The molecule has 0 amide bonds. The van der Waals surface area contributed by atoms with Crippen LogP contribution < -0.4 is 10.6 Å². The molecule has 16 heavy (non-hydrogen) atoms. The van der Waals surface area contributed by atoms with Crippen molar-refractivity contribution in [2.24, 2.45) is 5.73 Å². The number of piperidine rings is 1. The van der Waals surface area contributed by atoms with Gasteiger partial charge in [0.2, 0.25) is 0 Å². The minimum atomic E-state index is -0.209. The van der Waals surface area contributed by atoms with E-state index < -0.39 is 0 Å². The number of nitrogens with two attached hydrogens (primary N) is 1. The first-order valence-corrected chi connectivity index (χ1v) is 6.34. The van der Waals surface area contributed by atoms with Crippen LogP contribution in [-0.4, -0.2) is 18.6 Å². The van der Waals surface area contributed by atoms with Crippen molar-refractivity contribution in [1.29, 1.82) is 0 Å². The summed E-state index contributed by atoms with van der Waals surface area (Å²) in [5.41, 5.74) is 6.86. The van der Waals surface area contributed by atoms with Crippen LogP contribution in [-0.2, 0) is 0 Å². The molecule has 1 aliphatic rings. The molecule has 4 heteroatoms. The van der Waals surface area contributed by atoms with Crippen molar-refractivity contribution >= 4 is 21.6 Å². The fourth-order valence-electron chi connectivity index (χ4n) is 2.26. The lowest BCUT2D eigenvalue weighted by Gasteiger charge is -2.38. The predicted molar refractivity (Wildman–Crippen MR) is 68.1 cm³/mol. The lowest BCUT2D eigenvalue weighted by atomic mass is 9.98.